The molecule has 0 saturated carbocycles. The predicted octanol–water partition coefficient (Wildman–Crippen LogP) is 0.451. The molecule has 0 bridgehead atoms. The van der Waals surface area contributed by atoms with Crippen LogP contribution >= 0.6 is 0 Å². The second kappa shape index (κ2) is 3.84. The number of benzene rings is 1. The number of H-pyrrole nitrogens is 1. The zero-order chi connectivity index (χ0) is 9.80. The van der Waals surface area contributed by atoms with Crippen LogP contribution in [0.25, 0.3) is 0 Å². The second-order valence-corrected chi connectivity index (χ2v) is 2.65. The van der Waals surface area contributed by atoms with Gasteiger partial charge in [-0.1, -0.05) is 22.3 Å². The van der Waals surface area contributed by atoms with Gasteiger partial charge in [-0.25, -0.2) is 0 Å². The maximum Gasteiger partial charge on any atom is 0.361 e. The lowest BCUT2D eigenvalue weighted by atomic mass is 10.2. The molecule has 0 amide bonds. The summed E-state index contributed by atoms with van der Waals surface area (Å²) in [6.45, 7) is 0.476. The first kappa shape index (κ1) is 8.64. The summed E-state index contributed by atoms with van der Waals surface area (Å²) in [4.78, 5) is 0. The molecule has 2 rings (SSSR count). The first-order valence-electron chi connectivity index (χ1n) is 4.09. The standard InChI is InChI=1S/C8H9N5O/c9-5-6-2-1-3-7(4-6)14-8-10-12-13-11-8/h1-4H,5,9H2,(H,10,11,12,13). The normalized spacial score (nSPS) is 10.1. The van der Waals surface area contributed by atoms with Crippen LogP contribution in [-0.2, 0) is 6.54 Å². The molecule has 1 aromatic heterocycles. The number of nitrogens with zero attached hydrogens (tertiary/aromatic N) is 3. The highest BCUT2D eigenvalue weighted by Crippen LogP contribution is 2.17. The van der Waals surface area contributed by atoms with Gasteiger partial charge in [-0.15, -0.1) is 0 Å². The summed E-state index contributed by atoms with van der Waals surface area (Å²) in [7, 11) is 0. The Morgan fingerprint density at radius 2 is 2.36 bits per heavy atom. The maximum atomic E-state index is 5.49. The van der Waals surface area contributed by atoms with Crippen molar-refractivity contribution < 1.29 is 4.74 Å². The lowest BCUT2D eigenvalue weighted by molar-refractivity contribution is 0.442. The van der Waals surface area contributed by atoms with E-state index in [0.29, 0.717) is 12.3 Å². The summed E-state index contributed by atoms with van der Waals surface area (Å²) in [6.07, 6.45) is 0. The molecule has 72 valence electrons. The molecule has 1 heterocycles. The Labute approximate surface area is 80.1 Å². The molecule has 0 aliphatic carbocycles. The number of rotatable bonds is 3. The third-order valence-electron chi connectivity index (χ3n) is 1.67. The van der Waals surface area contributed by atoms with Crippen molar-refractivity contribution in [3.8, 4) is 11.8 Å². The van der Waals surface area contributed by atoms with Gasteiger partial charge >= 0.3 is 6.01 Å². The van der Waals surface area contributed by atoms with Crippen molar-refractivity contribution in [2.24, 2.45) is 5.73 Å². The molecule has 6 heteroatoms. The van der Waals surface area contributed by atoms with Gasteiger partial charge in [0, 0.05) is 6.54 Å². The number of tetrazole rings is 1. The minimum atomic E-state index is 0.194. The molecule has 14 heavy (non-hydrogen) atoms. The van der Waals surface area contributed by atoms with Gasteiger partial charge in [0.1, 0.15) is 5.75 Å². The van der Waals surface area contributed by atoms with Crippen molar-refractivity contribution in [1.29, 1.82) is 0 Å². The largest absolute Gasteiger partial charge is 0.422 e. The van der Waals surface area contributed by atoms with E-state index in [1.54, 1.807) is 6.07 Å². The summed E-state index contributed by atoms with van der Waals surface area (Å²) < 4.78 is 5.29. The van der Waals surface area contributed by atoms with Gasteiger partial charge in [-0.05, 0) is 22.9 Å². The number of nitrogens with two attached hydrogens (primary N) is 1. The predicted molar refractivity (Wildman–Crippen MR) is 48.6 cm³/mol. The van der Waals surface area contributed by atoms with Crippen molar-refractivity contribution in [2.45, 2.75) is 6.54 Å². The van der Waals surface area contributed by atoms with Crippen molar-refractivity contribution in [3.63, 3.8) is 0 Å². The zero-order valence-corrected chi connectivity index (χ0v) is 7.34. The molecule has 0 fully saturated rings. The van der Waals surface area contributed by atoms with Crippen LogP contribution in [0.2, 0.25) is 0 Å². The lowest BCUT2D eigenvalue weighted by Crippen LogP contribution is -1.96. The smallest absolute Gasteiger partial charge is 0.361 e. The van der Waals surface area contributed by atoms with Crippen LogP contribution < -0.4 is 10.5 Å². The van der Waals surface area contributed by atoms with Crippen molar-refractivity contribution in [2.75, 3.05) is 0 Å². The Morgan fingerprint density at radius 1 is 1.43 bits per heavy atom. The van der Waals surface area contributed by atoms with Crippen molar-refractivity contribution in [3.05, 3.63) is 29.8 Å². The van der Waals surface area contributed by atoms with E-state index in [1.807, 2.05) is 18.2 Å². The van der Waals surface area contributed by atoms with E-state index in [1.165, 1.54) is 0 Å². The third kappa shape index (κ3) is 1.86. The maximum absolute atomic E-state index is 5.49. The molecule has 0 spiro atoms. The van der Waals surface area contributed by atoms with E-state index in [9.17, 15) is 0 Å². The molecule has 0 radical (unpaired) electrons. The van der Waals surface area contributed by atoms with Gasteiger partial charge in [0.2, 0.25) is 0 Å². The summed E-state index contributed by atoms with van der Waals surface area (Å²) in [5, 5.41) is 13.0. The van der Waals surface area contributed by atoms with Crippen molar-refractivity contribution >= 4 is 0 Å². The number of hydrogen-bond acceptors (Lipinski definition) is 5. The summed E-state index contributed by atoms with van der Waals surface area (Å²) >= 11 is 0. The summed E-state index contributed by atoms with van der Waals surface area (Å²) in [5.74, 6) is 0.648. The van der Waals surface area contributed by atoms with Crippen LogP contribution in [-0.4, -0.2) is 20.6 Å². The average Bonchev–Trinajstić information content (AvgIpc) is 2.71. The molecule has 0 saturated heterocycles. The third-order valence-corrected chi connectivity index (χ3v) is 1.67. The van der Waals surface area contributed by atoms with Crippen molar-refractivity contribution in [1.82, 2.24) is 20.6 Å². The average molecular weight is 191 g/mol. The Hall–Kier alpha value is -1.95. The molecule has 3 N–H and O–H groups in total. The topological polar surface area (TPSA) is 89.7 Å². The van der Waals surface area contributed by atoms with Crippen LogP contribution in [0.1, 0.15) is 5.56 Å². The Bertz CT molecular complexity index is 400. The molecule has 0 aliphatic heterocycles. The molecule has 0 aliphatic rings. The number of aromatic nitrogens is 4. The Balaban J connectivity index is 2.17. The monoisotopic (exact) mass is 191 g/mol. The fraction of sp³-hybridized carbons (Fsp3) is 0.125. The number of nitrogens with one attached hydrogen (secondary N) is 1. The second-order valence-electron chi connectivity index (χ2n) is 2.65. The van der Waals surface area contributed by atoms with Crippen LogP contribution in [0.15, 0.2) is 24.3 Å². The molecule has 0 atom stereocenters. The Morgan fingerprint density at radius 3 is 3.07 bits per heavy atom. The highest BCUT2D eigenvalue weighted by molar-refractivity contribution is 5.29. The van der Waals surface area contributed by atoms with E-state index < -0.39 is 0 Å². The van der Waals surface area contributed by atoms with E-state index in [2.05, 4.69) is 20.6 Å². The number of aromatic amines is 1. The molecule has 6 nitrogen and oxygen atoms in total. The Kier molecular flexibility index (Phi) is 2.37. The van der Waals surface area contributed by atoms with Crippen LogP contribution in [0, 0.1) is 0 Å². The van der Waals surface area contributed by atoms with Gasteiger partial charge < -0.3 is 10.5 Å². The molecule has 2 aromatic rings. The molecular formula is C8H9N5O. The molecule has 1 aromatic carbocycles. The van der Waals surface area contributed by atoms with Gasteiger partial charge in [-0.2, -0.15) is 5.21 Å². The van der Waals surface area contributed by atoms with Gasteiger partial charge in [0.05, 0.1) is 0 Å². The number of ether oxygens (including phenoxy) is 1. The van der Waals surface area contributed by atoms with E-state index in [0.717, 1.165) is 5.56 Å². The minimum absolute atomic E-state index is 0.194. The molecular weight excluding hydrogens is 182 g/mol. The van der Waals surface area contributed by atoms with Crippen LogP contribution in [0.3, 0.4) is 0 Å². The summed E-state index contributed by atoms with van der Waals surface area (Å²) in [5.41, 5.74) is 6.48. The highest BCUT2D eigenvalue weighted by Gasteiger charge is 2.01. The molecule has 0 unspecified atom stereocenters. The first-order valence-corrected chi connectivity index (χ1v) is 4.09. The first-order chi connectivity index (χ1) is 6.88. The SMILES string of the molecule is NCc1cccc(Oc2nn[nH]n2)c1. The van der Waals surface area contributed by atoms with Gasteiger partial charge in [-0.3, -0.25) is 0 Å². The summed E-state index contributed by atoms with van der Waals surface area (Å²) in [6, 6.07) is 7.60. The van der Waals surface area contributed by atoms with E-state index in [4.69, 9.17) is 10.5 Å². The zero-order valence-electron chi connectivity index (χ0n) is 7.34. The fourth-order valence-electron chi connectivity index (χ4n) is 1.04. The number of hydrogen-bond donors (Lipinski definition) is 2. The van der Waals surface area contributed by atoms with Gasteiger partial charge in [0.15, 0.2) is 0 Å². The van der Waals surface area contributed by atoms with E-state index in [-0.39, 0.29) is 6.01 Å². The van der Waals surface area contributed by atoms with Crippen LogP contribution in [0.4, 0.5) is 0 Å². The quantitative estimate of drug-likeness (QED) is 0.735. The highest BCUT2D eigenvalue weighted by atomic mass is 16.5. The van der Waals surface area contributed by atoms with Crippen LogP contribution in [0.5, 0.6) is 11.8 Å². The van der Waals surface area contributed by atoms with Gasteiger partial charge in [0.25, 0.3) is 0 Å². The lowest BCUT2D eigenvalue weighted by Gasteiger charge is -2.01. The minimum Gasteiger partial charge on any atom is -0.422 e. The fourth-order valence-corrected chi connectivity index (χ4v) is 1.04. The van der Waals surface area contributed by atoms with E-state index >= 15 is 0 Å².